The van der Waals surface area contributed by atoms with E-state index in [1.807, 2.05) is 29.6 Å². The molecule has 0 aliphatic carbocycles. The van der Waals surface area contributed by atoms with E-state index in [1.54, 1.807) is 22.2 Å². The quantitative estimate of drug-likeness (QED) is 0.439. The molecule has 5 rings (SSSR count). The van der Waals surface area contributed by atoms with Crippen molar-refractivity contribution in [3.05, 3.63) is 59.4 Å². The molecule has 2 aromatic carbocycles. The molecule has 0 spiro atoms. The van der Waals surface area contributed by atoms with Crippen molar-refractivity contribution in [1.29, 1.82) is 0 Å². The van der Waals surface area contributed by atoms with Crippen LogP contribution in [0, 0.1) is 0 Å². The monoisotopic (exact) mass is 480 g/mol. The molecule has 0 bridgehead atoms. The molecule has 9 nitrogen and oxygen atoms in total. The number of fused-ring (bicyclic) bond motifs is 1. The van der Waals surface area contributed by atoms with Crippen LogP contribution in [0.1, 0.15) is 12.8 Å². The number of carbonyl (C=O) groups excluding carboxylic acids is 1. The van der Waals surface area contributed by atoms with E-state index >= 15 is 0 Å². The number of benzene rings is 2. The predicted octanol–water partition coefficient (Wildman–Crippen LogP) is 3.27. The number of anilines is 1. The van der Waals surface area contributed by atoms with Crippen LogP contribution in [-0.2, 0) is 21.4 Å². The van der Waals surface area contributed by atoms with E-state index in [0.29, 0.717) is 36.0 Å². The molecule has 1 aliphatic rings. The summed E-state index contributed by atoms with van der Waals surface area (Å²) in [5.41, 5.74) is 4.38. The van der Waals surface area contributed by atoms with Crippen molar-refractivity contribution in [3.8, 4) is 11.5 Å². The molecule has 1 aliphatic heterocycles. The van der Waals surface area contributed by atoms with E-state index in [1.165, 1.54) is 23.5 Å². The zero-order valence-corrected chi connectivity index (χ0v) is 19.1. The van der Waals surface area contributed by atoms with E-state index < -0.39 is 10.0 Å². The lowest BCUT2D eigenvalue weighted by Gasteiger charge is -2.11. The van der Waals surface area contributed by atoms with Gasteiger partial charge in [-0.05, 0) is 36.8 Å². The number of para-hydroxylation sites is 2. The van der Waals surface area contributed by atoms with Crippen molar-refractivity contribution in [2.75, 3.05) is 11.9 Å². The highest BCUT2D eigenvalue weighted by molar-refractivity contribution is 7.90. The molecular formula is C22H20N6O3S2. The maximum absolute atomic E-state index is 12.9. The molecule has 1 amide bonds. The van der Waals surface area contributed by atoms with Crippen molar-refractivity contribution < 1.29 is 13.2 Å². The number of amides is 1. The summed E-state index contributed by atoms with van der Waals surface area (Å²) >= 11 is 1.45. The van der Waals surface area contributed by atoms with Gasteiger partial charge in [-0.1, -0.05) is 18.2 Å². The molecule has 3 heterocycles. The highest BCUT2D eigenvalue weighted by atomic mass is 32.2. The first-order chi connectivity index (χ1) is 16.0. The Balaban J connectivity index is 1.38. The van der Waals surface area contributed by atoms with E-state index in [4.69, 9.17) is 0 Å². The van der Waals surface area contributed by atoms with Crippen LogP contribution in [0.3, 0.4) is 0 Å². The van der Waals surface area contributed by atoms with Crippen LogP contribution in [0.2, 0.25) is 0 Å². The van der Waals surface area contributed by atoms with Crippen LogP contribution in [0.5, 0.6) is 0 Å². The maximum atomic E-state index is 12.9. The van der Waals surface area contributed by atoms with Gasteiger partial charge >= 0.3 is 0 Å². The fourth-order valence-corrected chi connectivity index (χ4v) is 5.34. The molecule has 0 unspecified atom stereocenters. The topological polar surface area (TPSA) is 118 Å². The second-order valence-corrected chi connectivity index (χ2v) is 9.90. The summed E-state index contributed by atoms with van der Waals surface area (Å²) in [6, 6.07) is 13.7. The highest BCUT2D eigenvalue weighted by Crippen LogP contribution is 2.25. The zero-order chi connectivity index (χ0) is 22.8. The van der Waals surface area contributed by atoms with Crippen molar-refractivity contribution in [3.63, 3.8) is 0 Å². The second-order valence-electron chi connectivity index (χ2n) is 7.50. The Bertz CT molecular complexity index is 1460. The lowest BCUT2D eigenvalue weighted by molar-refractivity contribution is -0.116. The number of rotatable bonds is 6. The molecule has 33 heavy (non-hydrogen) atoms. The SMILES string of the molecule is O=C(Cn1c(-c2cscn2)nc2ccccc21)Nc1cccc(S(=O)(=O)NC2=NCCC2)c1. The van der Waals surface area contributed by atoms with Crippen LogP contribution in [0.15, 0.2) is 69.3 Å². The first-order valence-corrected chi connectivity index (χ1v) is 12.7. The fraction of sp³-hybridized carbons (Fsp3) is 0.182. The van der Waals surface area contributed by atoms with Gasteiger partial charge in [0.25, 0.3) is 10.0 Å². The smallest absolute Gasteiger partial charge is 0.262 e. The molecule has 4 aromatic rings. The van der Waals surface area contributed by atoms with Crippen molar-refractivity contribution in [1.82, 2.24) is 19.3 Å². The molecular weight excluding hydrogens is 460 g/mol. The van der Waals surface area contributed by atoms with Gasteiger partial charge < -0.3 is 9.88 Å². The molecule has 0 radical (unpaired) electrons. The van der Waals surface area contributed by atoms with Crippen LogP contribution < -0.4 is 10.0 Å². The number of nitrogens with zero attached hydrogens (tertiary/aromatic N) is 4. The number of aromatic nitrogens is 3. The van der Waals surface area contributed by atoms with E-state index in [2.05, 4.69) is 25.0 Å². The lowest BCUT2D eigenvalue weighted by Crippen LogP contribution is -2.29. The van der Waals surface area contributed by atoms with E-state index in [-0.39, 0.29) is 17.3 Å². The molecule has 0 saturated carbocycles. The third-order valence-corrected chi connectivity index (χ3v) is 7.14. The van der Waals surface area contributed by atoms with Crippen LogP contribution in [0.4, 0.5) is 5.69 Å². The summed E-state index contributed by atoms with van der Waals surface area (Å²) < 4.78 is 29.7. The molecule has 0 atom stereocenters. The minimum atomic E-state index is -3.77. The average molecular weight is 481 g/mol. The van der Waals surface area contributed by atoms with Crippen LogP contribution in [-0.4, -0.2) is 41.2 Å². The number of amidine groups is 1. The van der Waals surface area contributed by atoms with Crippen molar-refractivity contribution in [2.24, 2.45) is 4.99 Å². The zero-order valence-electron chi connectivity index (χ0n) is 17.4. The van der Waals surface area contributed by atoms with Gasteiger partial charge in [0.05, 0.1) is 21.4 Å². The van der Waals surface area contributed by atoms with Gasteiger partial charge in [0, 0.05) is 24.0 Å². The predicted molar refractivity (Wildman–Crippen MR) is 128 cm³/mol. The normalized spacial score (nSPS) is 13.8. The molecule has 168 valence electrons. The van der Waals surface area contributed by atoms with Gasteiger partial charge in [0.15, 0.2) is 5.82 Å². The molecule has 0 fully saturated rings. The number of hydrogen-bond donors (Lipinski definition) is 2. The largest absolute Gasteiger partial charge is 0.324 e. The lowest BCUT2D eigenvalue weighted by atomic mass is 10.3. The number of imidazole rings is 1. The number of hydrogen-bond acceptors (Lipinski definition) is 7. The molecule has 0 saturated heterocycles. The Hall–Kier alpha value is -3.57. The Labute approximate surface area is 194 Å². The van der Waals surface area contributed by atoms with Gasteiger partial charge in [-0.2, -0.15) is 0 Å². The number of aliphatic imine (C=N–C) groups is 1. The summed E-state index contributed by atoms with van der Waals surface area (Å²) in [5.74, 6) is 0.758. The minimum absolute atomic E-state index is 0.000588. The Kier molecular flexibility index (Phi) is 5.65. The van der Waals surface area contributed by atoms with E-state index in [9.17, 15) is 13.2 Å². The standard InChI is InChI=1S/C22H20N6O3S2/c29-21(12-28-19-8-2-1-7-17(19)26-22(28)18-13-32-14-24-18)25-15-5-3-6-16(11-15)33(30,31)27-20-9-4-10-23-20/h1-3,5-8,11,13-14H,4,9-10,12H2,(H,23,27)(H,25,29). The van der Waals surface area contributed by atoms with Crippen LogP contribution in [0.25, 0.3) is 22.6 Å². The second kappa shape index (κ2) is 8.75. The van der Waals surface area contributed by atoms with Crippen molar-refractivity contribution in [2.45, 2.75) is 24.3 Å². The fourth-order valence-electron chi connectivity index (χ4n) is 3.68. The van der Waals surface area contributed by atoms with Gasteiger partial charge in [-0.3, -0.25) is 14.5 Å². The van der Waals surface area contributed by atoms with Crippen molar-refractivity contribution >= 4 is 49.8 Å². The number of carbonyl (C=O) groups is 1. The first-order valence-electron chi connectivity index (χ1n) is 10.3. The average Bonchev–Trinajstić information content (AvgIpc) is 3.55. The Morgan fingerprint density at radius 2 is 2.03 bits per heavy atom. The van der Waals surface area contributed by atoms with E-state index in [0.717, 1.165) is 17.5 Å². The van der Waals surface area contributed by atoms with Gasteiger partial charge in [-0.15, -0.1) is 11.3 Å². The first kappa shape index (κ1) is 21.3. The summed E-state index contributed by atoms with van der Waals surface area (Å²) in [7, 11) is -3.77. The number of thiazole rings is 1. The van der Waals surface area contributed by atoms with Gasteiger partial charge in [0.2, 0.25) is 5.91 Å². The van der Waals surface area contributed by atoms with Crippen LogP contribution >= 0.6 is 11.3 Å². The third kappa shape index (κ3) is 4.50. The van der Waals surface area contributed by atoms with Gasteiger partial charge in [-0.25, -0.2) is 18.4 Å². The molecule has 11 heteroatoms. The number of nitrogens with one attached hydrogen (secondary N) is 2. The summed E-state index contributed by atoms with van der Waals surface area (Å²) in [6.07, 6.45) is 1.44. The molecule has 2 N–H and O–H groups in total. The number of sulfonamides is 1. The third-order valence-electron chi connectivity index (χ3n) is 5.17. The Morgan fingerprint density at radius 1 is 1.15 bits per heavy atom. The highest BCUT2D eigenvalue weighted by Gasteiger charge is 2.20. The summed E-state index contributed by atoms with van der Waals surface area (Å²) in [6.45, 7) is 0.624. The minimum Gasteiger partial charge on any atom is -0.324 e. The maximum Gasteiger partial charge on any atom is 0.262 e. The summed E-state index contributed by atoms with van der Waals surface area (Å²) in [4.78, 5) is 26.1. The molecule has 2 aromatic heterocycles. The Morgan fingerprint density at radius 3 is 2.82 bits per heavy atom. The van der Waals surface area contributed by atoms with Gasteiger partial charge in [0.1, 0.15) is 18.1 Å². The summed E-state index contributed by atoms with van der Waals surface area (Å²) in [5, 5.41) is 4.68.